The Hall–Kier alpha value is -2.37. The molecule has 0 spiro atoms. The summed E-state index contributed by atoms with van der Waals surface area (Å²) in [6.45, 7) is 7.08. The van der Waals surface area contributed by atoms with E-state index in [0.717, 1.165) is 10.9 Å². The fourth-order valence-corrected chi connectivity index (χ4v) is 1.75. The number of rotatable bonds is 3. The van der Waals surface area contributed by atoms with E-state index in [4.69, 9.17) is 0 Å². The number of nitrogens with zero attached hydrogens (tertiary/aromatic N) is 1. The number of hydrogen-bond acceptors (Lipinski definition) is 3. The zero-order chi connectivity index (χ0) is 15.6. The summed E-state index contributed by atoms with van der Waals surface area (Å²) in [4.78, 5) is 24.0. The van der Waals surface area contributed by atoms with Crippen molar-refractivity contribution in [2.24, 2.45) is 5.41 Å². The van der Waals surface area contributed by atoms with Crippen LogP contribution in [0.1, 0.15) is 27.7 Å². The number of fused-ring (bicyclic) bond motifs is 1. The lowest BCUT2D eigenvalue weighted by Gasteiger charge is -2.21. The van der Waals surface area contributed by atoms with Crippen molar-refractivity contribution in [1.29, 1.82) is 0 Å². The van der Waals surface area contributed by atoms with E-state index in [9.17, 15) is 9.59 Å². The highest BCUT2D eigenvalue weighted by molar-refractivity contribution is 5.98. The number of aromatic amines is 1. The van der Waals surface area contributed by atoms with Crippen molar-refractivity contribution in [1.82, 2.24) is 15.5 Å². The van der Waals surface area contributed by atoms with E-state index in [2.05, 4.69) is 20.8 Å². The fourth-order valence-electron chi connectivity index (χ4n) is 1.75. The molecule has 0 bridgehead atoms. The number of carbonyl (C=O) groups is 2. The highest BCUT2D eigenvalue weighted by atomic mass is 16.2. The molecular formula is C15H20N4O2. The van der Waals surface area contributed by atoms with Gasteiger partial charge in [0.1, 0.15) is 6.04 Å². The number of carbonyl (C=O) groups excluding carboxylic acids is 2. The lowest BCUT2D eigenvalue weighted by atomic mass is 9.95. The molecular weight excluding hydrogens is 268 g/mol. The molecule has 0 aliphatic rings. The molecule has 21 heavy (non-hydrogen) atoms. The largest absolute Gasteiger partial charge is 0.344 e. The number of H-pyrrole nitrogens is 1. The van der Waals surface area contributed by atoms with Gasteiger partial charge < -0.3 is 10.6 Å². The smallest absolute Gasteiger partial charge is 0.246 e. The number of aromatic nitrogens is 2. The van der Waals surface area contributed by atoms with Gasteiger partial charge >= 0.3 is 0 Å². The molecule has 1 atom stereocenters. The maximum Gasteiger partial charge on any atom is 0.246 e. The van der Waals surface area contributed by atoms with Gasteiger partial charge in [0.15, 0.2) is 0 Å². The topological polar surface area (TPSA) is 86.9 Å². The quantitative estimate of drug-likeness (QED) is 0.808. The zero-order valence-corrected chi connectivity index (χ0v) is 12.7. The Kier molecular flexibility index (Phi) is 3.97. The molecule has 2 rings (SSSR count). The highest BCUT2D eigenvalue weighted by Crippen LogP contribution is 2.17. The van der Waals surface area contributed by atoms with Crippen LogP contribution in [0.2, 0.25) is 0 Å². The van der Waals surface area contributed by atoms with E-state index in [1.165, 1.54) is 0 Å². The SMILES string of the molecule is CC(NC(=O)C(C)(C)C)C(=O)Nc1ccc2[nH]ncc2c1. The molecule has 2 aromatic rings. The van der Waals surface area contributed by atoms with Crippen molar-refractivity contribution in [3.05, 3.63) is 24.4 Å². The normalized spacial score (nSPS) is 13.0. The Labute approximate surface area is 123 Å². The Balaban J connectivity index is 2.01. The summed E-state index contributed by atoms with van der Waals surface area (Å²) in [5.41, 5.74) is 1.05. The van der Waals surface area contributed by atoms with Crippen molar-refractivity contribution in [3.63, 3.8) is 0 Å². The van der Waals surface area contributed by atoms with E-state index in [1.54, 1.807) is 40.0 Å². The molecule has 0 radical (unpaired) electrons. The van der Waals surface area contributed by atoms with Crippen molar-refractivity contribution in [3.8, 4) is 0 Å². The monoisotopic (exact) mass is 288 g/mol. The van der Waals surface area contributed by atoms with Crippen LogP contribution >= 0.6 is 0 Å². The van der Waals surface area contributed by atoms with Crippen LogP contribution in [0.15, 0.2) is 24.4 Å². The minimum atomic E-state index is -0.600. The molecule has 1 aromatic heterocycles. The minimum absolute atomic E-state index is 0.157. The average molecular weight is 288 g/mol. The summed E-state index contributed by atoms with van der Waals surface area (Å²) in [6, 6.07) is 4.86. The van der Waals surface area contributed by atoms with Gasteiger partial charge in [-0.15, -0.1) is 0 Å². The first kappa shape index (κ1) is 15.0. The number of amides is 2. The summed E-state index contributed by atoms with van der Waals surface area (Å²) in [7, 11) is 0. The summed E-state index contributed by atoms with van der Waals surface area (Å²) in [5.74, 6) is -0.411. The lowest BCUT2D eigenvalue weighted by Crippen LogP contribution is -2.46. The summed E-state index contributed by atoms with van der Waals surface area (Å²) >= 11 is 0. The Bertz CT molecular complexity index is 670. The highest BCUT2D eigenvalue weighted by Gasteiger charge is 2.25. The van der Waals surface area contributed by atoms with Gasteiger partial charge in [-0.1, -0.05) is 20.8 Å². The second-order valence-electron chi connectivity index (χ2n) is 6.11. The molecule has 3 N–H and O–H groups in total. The van der Waals surface area contributed by atoms with Crippen molar-refractivity contribution in [2.75, 3.05) is 5.32 Å². The first-order valence-corrected chi connectivity index (χ1v) is 6.82. The Morgan fingerprint density at radius 2 is 2.00 bits per heavy atom. The standard InChI is InChI=1S/C15H20N4O2/c1-9(17-14(21)15(2,3)4)13(20)18-11-5-6-12-10(7-11)8-16-19-12/h5-9H,1-4H3,(H,16,19)(H,17,21)(H,18,20). The van der Waals surface area contributed by atoms with Crippen LogP contribution in [-0.4, -0.2) is 28.1 Å². The molecule has 112 valence electrons. The molecule has 0 aliphatic carbocycles. The molecule has 0 saturated heterocycles. The molecule has 6 nitrogen and oxygen atoms in total. The second-order valence-corrected chi connectivity index (χ2v) is 6.11. The third-order valence-electron chi connectivity index (χ3n) is 3.13. The molecule has 1 unspecified atom stereocenters. The van der Waals surface area contributed by atoms with Crippen LogP contribution < -0.4 is 10.6 Å². The molecule has 1 heterocycles. The molecule has 2 amide bonds. The first-order chi connectivity index (χ1) is 9.77. The van der Waals surface area contributed by atoms with Gasteiger partial charge in [0.2, 0.25) is 11.8 Å². The maximum atomic E-state index is 12.1. The molecule has 0 saturated carbocycles. The van der Waals surface area contributed by atoms with Gasteiger partial charge in [-0.2, -0.15) is 5.10 Å². The van der Waals surface area contributed by atoms with Gasteiger partial charge in [0.25, 0.3) is 0 Å². The third-order valence-corrected chi connectivity index (χ3v) is 3.13. The summed E-state index contributed by atoms with van der Waals surface area (Å²) in [6.07, 6.45) is 1.69. The molecule has 6 heteroatoms. The van der Waals surface area contributed by atoms with Gasteiger partial charge in [0, 0.05) is 16.5 Å². The molecule has 0 aliphatic heterocycles. The summed E-state index contributed by atoms with van der Waals surface area (Å²) in [5, 5.41) is 13.2. The lowest BCUT2D eigenvalue weighted by molar-refractivity contribution is -0.131. The Morgan fingerprint density at radius 3 is 2.67 bits per heavy atom. The third kappa shape index (κ3) is 3.59. The van der Waals surface area contributed by atoms with Crippen LogP contribution in [-0.2, 0) is 9.59 Å². The van der Waals surface area contributed by atoms with Crippen LogP contribution in [0, 0.1) is 5.41 Å². The van der Waals surface area contributed by atoms with E-state index in [1.807, 2.05) is 12.1 Å². The average Bonchev–Trinajstić information content (AvgIpc) is 2.84. The van der Waals surface area contributed by atoms with Crippen LogP contribution in [0.5, 0.6) is 0 Å². The van der Waals surface area contributed by atoms with Crippen LogP contribution in [0.4, 0.5) is 5.69 Å². The summed E-state index contributed by atoms with van der Waals surface area (Å²) < 4.78 is 0. The van der Waals surface area contributed by atoms with Crippen LogP contribution in [0.3, 0.4) is 0 Å². The minimum Gasteiger partial charge on any atom is -0.344 e. The van der Waals surface area contributed by atoms with E-state index < -0.39 is 11.5 Å². The van der Waals surface area contributed by atoms with E-state index in [-0.39, 0.29) is 11.8 Å². The molecule has 0 fully saturated rings. The number of anilines is 1. The van der Waals surface area contributed by atoms with Crippen molar-refractivity contribution in [2.45, 2.75) is 33.7 Å². The number of benzene rings is 1. The first-order valence-electron chi connectivity index (χ1n) is 6.82. The van der Waals surface area contributed by atoms with Gasteiger partial charge in [-0.05, 0) is 25.1 Å². The van der Waals surface area contributed by atoms with E-state index >= 15 is 0 Å². The fraction of sp³-hybridized carbons (Fsp3) is 0.400. The van der Waals surface area contributed by atoms with Crippen molar-refractivity contribution < 1.29 is 9.59 Å². The Morgan fingerprint density at radius 1 is 1.29 bits per heavy atom. The van der Waals surface area contributed by atoms with E-state index in [0.29, 0.717) is 5.69 Å². The number of hydrogen-bond donors (Lipinski definition) is 3. The van der Waals surface area contributed by atoms with Gasteiger partial charge in [-0.3, -0.25) is 14.7 Å². The number of nitrogens with one attached hydrogen (secondary N) is 3. The predicted octanol–water partition coefficient (Wildman–Crippen LogP) is 2.05. The van der Waals surface area contributed by atoms with Gasteiger partial charge in [-0.25, -0.2) is 0 Å². The zero-order valence-electron chi connectivity index (χ0n) is 12.7. The van der Waals surface area contributed by atoms with Crippen LogP contribution in [0.25, 0.3) is 10.9 Å². The van der Waals surface area contributed by atoms with Crippen molar-refractivity contribution >= 4 is 28.4 Å². The second kappa shape index (κ2) is 5.55. The molecule has 1 aromatic carbocycles. The maximum absolute atomic E-state index is 12.1. The predicted molar refractivity (Wildman–Crippen MR) is 81.8 cm³/mol. The van der Waals surface area contributed by atoms with Gasteiger partial charge in [0.05, 0.1) is 11.7 Å².